The van der Waals surface area contributed by atoms with Gasteiger partial charge in [0.15, 0.2) is 0 Å². The third kappa shape index (κ3) is 3.47. The van der Waals surface area contributed by atoms with Gasteiger partial charge in [-0.05, 0) is 36.8 Å². The molecule has 0 saturated heterocycles. The summed E-state index contributed by atoms with van der Waals surface area (Å²) in [4.78, 5) is 32.8. The van der Waals surface area contributed by atoms with Gasteiger partial charge in [0.2, 0.25) is 0 Å². The lowest BCUT2D eigenvalue weighted by Gasteiger charge is -2.13. The summed E-state index contributed by atoms with van der Waals surface area (Å²) in [5.74, 6) is -0.858. The molecule has 0 saturated carbocycles. The van der Waals surface area contributed by atoms with Gasteiger partial charge < -0.3 is 10.1 Å². The molecule has 2 aromatic carbocycles. The molecule has 3 aromatic rings. The maximum Gasteiger partial charge on any atom is 0.340 e. The molecule has 25 heavy (non-hydrogen) atoms. The lowest BCUT2D eigenvalue weighted by molar-refractivity contribution is 0.0528. The maximum atomic E-state index is 12.6. The van der Waals surface area contributed by atoms with Crippen LogP contribution in [0.4, 0.5) is 5.69 Å². The van der Waals surface area contributed by atoms with E-state index in [4.69, 9.17) is 4.74 Å². The number of benzene rings is 2. The Hall–Kier alpha value is -3.28. The van der Waals surface area contributed by atoms with Gasteiger partial charge in [-0.25, -0.2) is 14.8 Å². The van der Waals surface area contributed by atoms with Crippen LogP contribution in [0.25, 0.3) is 10.8 Å². The zero-order chi connectivity index (χ0) is 17.8. The number of aromatic nitrogens is 2. The third-order valence-electron chi connectivity index (χ3n) is 3.79. The molecule has 1 heterocycles. The number of hydrogen-bond donors (Lipinski definition) is 1. The second-order valence-corrected chi connectivity index (χ2v) is 5.44. The van der Waals surface area contributed by atoms with Crippen LogP contribution in [0.15, 0.2) is 48.9 Å². The largest absolute Gasteiger partial charge is 0.462 e. The number of anilines is 1. The molecule has 3 rings (SSSR count). The summed E-state index contributed by atoms with van der Waals surface area (Å²) in [5.41, 5.74) is 1.62. The number of hydrogen-bond acceptors (Lipinski definition) is 5. The number of amides is 1. The molecule has 0 spiro atoms. The minimum atomic E-state index is -0.482. The molecule has 0 unspecified atom stereocenters. The summed E-state index contributed by atoms with van der Waals surface area (Å²) >= 11 is 0. The Bertz CT molecular complexity index is 954. The van der Waals surface area contributed by atoms with Crippen LogP contribution in [-0.4, -0.2) is 28.5 Å². The molecule has 0 bridgehead atoms. The monoisotopic (exact) mass is 335 g/mol. The van der Waals surface area contributed by atoms with E-state index in [-0.39, 0.29) is 12.5 Å². The topological polar surface area (TPSA) is 81.2 Å². The van der Waals surface area contributed by atoms with Crippen LogP contribution in [0.2, 0.25) is 0 Å². The standard InChI is InChI=1S/C19H17N3O3/c1-3-25-19(24)15-8-13-6-4-5-7-14(13)9-17(15)22-18(23)16-10-20-11-21-12(16)2/h4-11H,3H2,1-2H3,(H,22,23). The first kappa shape index (κ1) is 16.6. The SMILES string of the molecule is CCOC(=O)c1cc2ccccc2cc1NC(=O)c1cncnc1C. The predicted octanol–water partition coefficient (Wildman–Crippen LogP) is 3.37. The lowest BCUT2D eigenvalue weighted by Crippen LogP contribution is -2.17. The average molecular weight is 335 g/mol. The van der Waals surface area contributed by atoms with Gasteiger partial charge in [0.25, 0.3) is 5.91 Å². The number of carbonyl (C=O) groups is 2. The first-order valence-electron chi connectivity index (χ1n) is 7.88. The Morgan fingerprint density at radius 3 is 2.52 bits per heavy atom. The number of carbonyl (C=O) groups excluding carboxylic acids is 2. The molecule has 0 atom stereocenters. The van der Waals surface area contributed by atoms with Gasteiger partial charge in [0, 0.05) is 6.20 Å². The Morgan fingerprint density at radius 2 is 1.84 bits per heavy atom. The zero-order valence-electron chi connectivity index (χ0n) is 13.9. The van der Waals surface area contributed by atoms with Crippen LogP contribution in [0, 0.1) is 6.92 Å². The lowest BCUT2D eigenvalue weighted by atomic mass is 10.0. The molecule has 126 valence electrons. The second-order valence-electron chi connectivity index (χ2n) is 5.44. The highest BCUT2D eigenvalue weighted by Crippen LogP contribution is 2.25. The highest BCUT2D eigenvalue weighted by molar-refractivity contribution is 6.10. The first-order chi connectivity index (χ1) is 12.1. The maximum absolute atomic E-state index is 12.6. The summed E-state index contributed by atoms with van der Waals surface area (Å²) in [6.07, 6.45) is 2.83. The van der Waals surface area contributed by atoms with E-state index >= 15 is 0 Å². The van der Waals surface area contributed by atoms with Crippen molar-refractivity contribution < 1.29 is 14.3 Å². The highest BCUT2D eigenvalue weighted by atomic mass is 16.5. The molecule has 0 aliphatic heterocycles. The van der Waals surface area contributed by atoms with Crippen LogP contribution in [0.5, 0.6) is 0 Å². The van der Waals surface area contributed by atoms with E-state index < -0.39 is 5.97 Å². The quantitative estimate of drug-likeness (QED) is 0.739. The number of esters is 1. The Balaban J connectivity index is 2.04. The number of fused-ring (bicyclic) bond motifs is 1. The van der Waals surface area contributed by atoms with E-state index in [1.54, 1.807) is 26.0 Å². The molecule has 6 nitrogen and oxygen atoms in total. The van der Waals surface area contributed by atoms with Crippen molar-refractivity contribution in [3.8, 4) is 0 Å². The van der Waals surface area contributed by atoms with Crippen LogP contribution in [0.3, 0.4) is 0 Å². The van der Waals surface area contributed by atoms with Gasteiger partial charge in [0.1, 0.15) is 6.33 Å². The molecule has 0 aliphatic carbocycles. The number of nitrogens with one attached hydrogen (secondary N) is 1. The Labute approximate surface area is 144 Å². The van der Waals surface area contributed by atoms with E-state index in [2.05, 4.69) is 15.3 Å². The summed E-state index contributed by atoms with van der Waals surface area (Å²) in [6.45, 7) is 3.72. The molecule has 1 aromatic heterocycles. The minimum Gasteiger partial charge on any atom is -0.462 e. The van der Waals surface area contributed by atoms with Crippen molar-refractivity contribution in [1.29, 1.82) is 0 Å². The molecular weight excluding hydrogens is 318 g/mol. The van der Waals surface area contributed by atoms with Crippen molar-refractivity contribution >= 4 is 28.3 Å². The normalized spacial score (nSPS) is 10.5. The van der Waals surface area contributed by atoms with E-state index in [1.165, 1.54) is 12.5 Å². The van der Waals surface area contributed by atoms with Crippen molar-refractivity contribution in [3.63, 3.8) is 0 Å². The Kier molecular flexibility index (Phi) is 4.70. The van der Waals surface area contributed by atoms with Gasteiger partial charge in [-0.2, -0.15) is 0 Å². The molecule has 0 aliphatic rings. The Morgan fingerprint density at radius 1 is 1.12 bits per heavy atom. The van der Waals surface area contributed by atoms with Crippen molar-refractivity contribution in [2.24, 2.45) is 0 Å². The molecule has 1 amide bonds. The molecule has 0 fully saturated rings. The van der Waals surface area contributed by atoms with Crippen LogP contribution < -0.4 is 5.32 Å². The fourth-order valence-electron chi connectivity index (χ4n) is 2.52. The predicted molar refractivity (Wildman–Crippen MR) is 94.6 cm³/mol. The number of ether oxygens (including phenoxy) is 1. The minimum absolute atomic E-state index is 0.255. The van der Waals surface area contributed by atoms with Gasteiger partial charge in [0.05, 0.1) is 29.1 Å². The van der Waals surface area contributed by atoms with E-state index in [9.17, 15) is 9.59 Å². The summed E-state index contributed by atoms with van der Waals surface area (Å²) in [6, 6.07) is 11.1. The van der Waals surface area contributed by atoms with Crippen LogP contribution in [-0.2, 0) is 4.74 Å². The molecule has 6 heteroatoms. The molecule has 0 radical (unpaired) electrons. The van der Waals surface area contributed by atoms with E-state index in [0.29, 0.717) is 22.5 Å². The zero-order valence-corrected chi connectivity index (χ0v) is 13.9. The van der Waals surface area contributed by atoms with Crippen molar-refractivity contribution in [3.05, 3.63) is 65.7 Å². The molecular formula is C19H17N3O3. The fraction of sp³-hybridized carbons (Fsp3) is 0.158. The number of aryl methyl sites for hydroxylation is 1. The fourth-order valence-corrected chi connectivity index (χ4v) is 2.52. The van der Waals surface area contributed by atoms with Crippen molar-refractivity contribution in [2.75, 3.05) is 11.9 Å². The van der Waals surface area contributed by atoms with Crippen molar-refractivity contribution in [1.82, 2.24) is 9.97 Å². The number of rotatable bonds is 4. The summed E-state index contributed by atoms with van der Waals surface area (Å²) in [7, 11) is 0. The van der Waals surface area contributed by atoms with Crippen molar-refractivity contribution in [2.45, 2.75) is 13.8 Å². The van der Waals surface area contributed by atoms with E-state index in [0.717, 1.165) is 10.8 Å². The second kappa shape index (κ2) is 7.09. The summed E-state index contributed by atoms with van der Waals surface area (Å²) < 4.78 is 5.11. The number of nitrogens with zero attached hydrogens (tertiary/aromatic N) is 2. The van der Waals surface area contributed by atoms with Gasteiger partial charge in [-0.15, -0.1) is 0 Å². The van der Waals surface area contributed by atoms with Gasteiger partial charge in [-0.3, -0.25) is 4.79 Å². The van der Waals surface area contributed by atoms with E-state index in [1.807, 2.05) is 24.3 Å². The smallest absolute Gasteiger partial charge is 0.340 e. The summed E-state index contributed by atoms with van der Waals surface area (Å²) in [5, 5.41) is 4.58. The van der Waals surface area contributed by atoms with Crippen LogP contribution in [0.1, 0.15) is 33.3 Å². The van der Waals surface area contributed by atoms with Crippen LogP contribution >= 0.6 is 0 Å². The van der Waals surface area contributed by atoms with Gasteiger partial charge >= 0.3 is 5.97 Å². The molecule has 1 N–H and O–H groups in total. The van der Waals surface area contributed by atoms with Gasteiger partial charge in [-0.1, -0.05) is 24.3 Å². The average Bonchev–Trinajstić information content (AvgIpc) is 2.61. The highest BCUT2D eigenvalue weighted by Gasteiger charge is 2.18. The first-order valence-corrected chi connectivity index (χ1v) is 7.88. The third-order valence-corrected chi connectivity index (χ3v) is 3.79.